The van der Waals surface area contributed by atoms with Crippen LogP contribution in [0.15, 0.2) is 60.7 Å². The van der Waals surface area contributed by atoms with Crippen LogP contribution < -0.4 is 19.5 Å². The molecule has 36 heavy (non-hydrogen) atoms. The zero-order valence-electron chi connectivity index (χ0n) is 21.2. The van der Waals surface area contributed by atoms with Gasteiger partial charge < -0.3 is 23.7 Å². The number of carbonyl (C=O) groups excluding carboxylic acids is 1. The van der Waals surface area contributed by atoms with Crippen molar-refractivity contribution in [3.8, 4) is 28.4 Å². The molecule has 0 bridgehead atoms. The van der Waals surface area contributed by atoms with Gasteiger partial charge >= 0.3 is 0 Å². The third-order valence-corrected chi connectivity index (χ3v) is 6.56. The molecule has 0 aliphatic carbocycles. The number of rotatable bonds is 11. The third kappa shape index (κ3) is 6.05. The number of methoxy groups -OCH3 is 2. The molecule has 3 aromatic carbocycles. The highest BCUT2D eigenvalue weighted by atomic mass is 16.5. The first kappa shape index (κ1) is 25.7. The first-order valence-electron chi connectivity index (χ1n) is 12.2. The van der Waals surface area contributed by atoms with Gasteiger partial charge in [-0.05, 0) is 29.2 Å². The van der Waals surface area contributed by atoms with Gasteiger partial charge in [-0.3, -0.25) is 10.2 Å². The molecular formula is C29H34N2O5. The molecule has 0 amide bonds. The lowest BCUT2D eigenvalue weighted by atomic mass is 9.97. The number of hydrogen-bond donors (Lipinski definition) is 1. The van der Waals surface area contributed by atoms with Gasteiger partial charge in [-0.1, -0.05) is 48.5 Å². The Morgan fingerprint density at radius 2 is 1.69 bits per heavy atom. The number of carbonyl (C=O) groups is 1. The van der Waals surface area contributed by atoms with Crippen LogP contribution in [-0.4, -0.2) is 57.9 Å². The van der Waals surface area contributed by atoms with E-state index >= 15 is 0 Å². The second-order valence-corrected chi connectivity index (χ2v) is 8.66. The topological polar surface area (TPSA) is 69.3 Å². The first-order valence-corrected chi connectivity index (χ1v) is 12.2. The van der Waals surface area contributed by atoms with Crippen LogP contribution in [0.2, 0.25) is 0 Å². The van der Waals surface area contributed by atoms with Gasteiger partial charge in [0.2, 0.25) is 0 Å². The van der Waals surface area contributed by atoms with Gasteiger partial charge in [-0.15, -0.1) is 0 Å². The molecule has 7 heteroatoms. The quantitative estimate of drug-likeness (QED) is 0.404. The molecule has 3 aromatic rings. The Bertz CT molecular complexity index is 1120. The van der Waals surface area contributed by atoms with Crippen molar-refractivity contribution >= 4 is 6.29 Å². The normalized spacial score (nSPS) is 14.8. The molecule has 1 saturated heterocycles. The number of morpholine rings is 1. The van der Waals surface area contributed by atoms with Gasteiger partial charge in [0.1, 0.15) is 30.0 Å². The highest BCUT2D eigenvalue weighted by molar-refractivity contribution is 5.68. The predicted octanol–water partition coefficient (Wildman–Crippen LogP) is 4.21. The summed E-state index contributed by atoms with van der Waals surface area (Å²) in [6.07, 6.45) is 0.521. The lowest BCUT2D eigenvalue weighted by molar-refractivity contribution is -0.115. The molecule has 1 fully saturated rings. The lowest BCUT2D eigenvalue weighted by Gasteiger charge is -2.32. The summed E-state index contributed by atoms with van der Waals surface area (Å²) < 4.78 is 22.9. The van der Waals surface area contributed by atoms with E-state index in [4.69, 9.17) is 18.9 Å². The molecule has 1 N–H and O–H groups in total. The fourth-order valence-corrected chi connectivity index (χ4v) is 4.47. The van der Waals surface area contributed by atoms with E-state index in [9.17, 15) is 4.79 Å². The minimum absolute atomic E-state index is 0.404. The van der Waals surface area contributed by atoms with Crippen LogP contribution in [0, 0.1) is 6.92 Å². The Morgan fingerprint density at radius 3 is 2.33 bits per heavy atom. The summed E-state index contributed by atoms with van der Waals surface area (Å²) >= 11 is 0. The lowest BCUT2D eigenvalue weighted by Crippen LogP contribution is -2.51. The van der Waals surface area contributed by atoms with Gasteiger partial charge in [0.05, 0.1) is 33.0 Å². The molecule has 1 aliphatic rings. The van der Waals surface area contributed by atoms with E-state index in [1.807, 2.05) is 30.3 Å². The maximum absolute atomic E-state index is 11.7. The Labute approximate surface area is 212 Å². The number of ether oxygens (including phenoxy) is 4. The third-order valence-electron chi connectivity index (χ3n) is 6.56. The van der Waals surface area contributed by atoms with Crippen molar-refractivity contribution in [1.29, 1.82) is 0 Å². The number of nitrogens with one attached hydrogen (secondary N) is 1. The summed E-state index contributed by atoms with van der Waals surface area (Å²) in [6, 6.07) is 20.3. The Kier molecular flexibility index (Phi) is 8.95. The van der Waals surface area contributed by atoms with Crippen LogP contribution in [0.5, 0.6) is 17.2 Å². The van der Waals surface area contributed by atoms with Crippen molar-refractivity contribution in [3.63, 3.8) is 0 Å². The minimum atomic E-state index is -0.404. The van der Waals surface area contributed by atoms with Crippen molar-refractivity contribution in [1.82, 2.24) is 10.2 Å². The van der Waals surface area contributed by atoms with Crippen LogP contribution in [0.25, 0.3) is 11.1 Å². The highest BCUT2D eigenvalue weighted by Gasteiger charge is 2.22. The zero-order valence-corrected chi connectivity index (χ0v) is 21.2. The van der Waals surface area contributed by atoms with E-state index in [0.717, 1.165) is 17.4 Å². The van der Waals surface area contributed by atoms with Crippen molar-refractivity contribution in [2.24, 2.45) is 0 Å². The molecule has 0 aromatic heterocycles. The summed E-state index contributed by atoms with van der Waals surface area (Å²) in [5, 5.41) is 3.31. The summed E-state index contributed by atoms with van der Waals surface area (Å²) in [6.45, 7) is 5.61. The molecule has 0 spiro atoms. The summed E-state index contributed by atoms with van der Waals surface area (Å²) in [7, 11) is 3.24. The summed E-state index contributed by atoms with van der Waals surface area (Å²) in [5.41, 5.74) is 5.50. The Morgan fingerprint density at radius 1 is 1.00 bits per heavy atom. The van der Waals surface area contributed by atoms with Crippen molar-refractivity contribution in [3.05, 3.63) is 77.4 Å². The van der Waals surface area contributed by atoms with Crippen molar-refractivity contribution < 1.29 is 23.7 Å². The monoisotopic (exact) mass is 490 g/mol. The molecule has 1 unspecified atom stereocenters. The molecule has 4 rings (SSSR count). The fraction of sp³-hybridized carbons (Fsp3) is 0.345. The molecule has 0 saturated carbocycles. The van der Waals surface area contributed by atoms with Crippen molar-refractivity contribution in [2.75, 3.05) is 40.5 Å². The second-order valence-electron chi connectivity index (χ2n) is 8.66. The molecule has 190 valence electrons. The first-order chi connectivity index (χ1) is 17.6. The number of benzene rings is 3. The van der Waals surface area contributed by atoms with Crippen LogP contribution >= 0.6 is 0 Å². The highest BCUT2D eigenvalue weighted by Crippen LogP contribution is 2.35. The predicted molar refractivity (Wildman–Crippen MR) is 140 cm³/mol. The minimum Gasteiger partial charge on any atom is -0.496 e. The van der Waals surface area contributed by atoms with Crippen LogP contribution in [0.4, 0.5) is 0 Å². The van der Waals surface area contributed by atoms with Gasteiger partial charge in [0.25, 0.3) is 0 Å². The van der Waals surface area contributed by atoms with E-state index in [2.05, 4.69) is 47.5 Å². The Balaban J connectivity index is 1.49. The number of hydrogen-bond acceptors (Lipinski definition) is 7. The van der Waals surface area contributed by atoms with Crippen molar-refractivity contribution in [2.45, 2.75) is 26.2 Å². The average molecular weight is 491 g/mol. The molecule has 1 atom stereocenters. The van der Waals surface area contributed by atoms with Gasteiger partial charge in [0.15, 0.2) is 6.29 Å². The maximum Gasteiger partial charge on any atom is 0.151 e. The summed E-state index contributed by atoms with van der Waals surface area (Å²) in [5.74, 6) is 1.92. The largest absolute Gasteiger partial charge is 0.496 e. The molecule has 1 heterocycles. The van der Waals surface area contributed by atoms with Crippen LogP contribution in [0.3, 0.4) is 0 Å². The summed E-state index contributed by atoms with van der Waals surface area (Å²) in [4.78, 5) is 13.8. The van der Waals surface area contributed by atoms with E-state index < -0.39 is 6.17 Å². The van der Waals surface area contributed by atoms with Crippen LogP contribution in [0.1, 0.15) is 16.7 Å². The molecular weight excluding hydrogens is 456 g/mol. The Hall–Kier alpha value is -3.39. The average Bonchev–Trinajstić information content (AvgIpc) is 2.94. The standard InChI is InChI=1S/C29H34N2O5/c1-21-23(10-7-11-25(21)22-8-5-4-6-9-22)20-36-24-16-27(33-2)26(28(17-24)34-3)18-30-29(19-32)31-12-14-35-15-13-31/h4-11,16-17,19,29-30H,12-15,18,20H2,1-3H3. The maximum atomic E-state index is 11.7. The van der Waals surface area contributed by atoms with E-state index in [1.54, 1.807) is 14.2 Å². The number of nitrogens with zero attached hydrogens (tertiary/aromatic N) is 1. The molecule has 7 nitrogen and oxygen atoms in total. The fourth-order valence-electron chi connectivity index (χ4n) is 4.47. The smallest absolute Gasteiger partial charge is 0.151 e. The SMILES string of the molecule is COc1cc(OCc2cccc(-c3ccccc3)c2C)cc(OC)c1CNC(C=O)N1CCOCC1. The van der Waals surface area contributed by atoms with Gasteiger partial charge in [-0.2, -0.15) is 0 Å². The molecule has 1 aliphatic heterocycles. The van der Waals surface area contributed by atoms with Crippen LogP contribution in [-0.2, 0) is 22.7 Å². The van der Waals surface area contributed by atoms with E-state index in [-0.39, 0.29) is 0 Å². The van der Waals surface area contributed by atoms with Gasteiger partial charge in [-0.25, -0.2) is 0 Å². The second kappa shape index (κ2) is 12.5. The van der Waals surface area contributed by atoms with E-state index in [0.29, 0.717) is 56.7 Å². The molecule has 0 radical (unpaired) electrons. The van der Waals surface area contributed by atoms with Gasteiger partial charge in [0, 0.05) is 31.8 Å². The van der Waals surface area contributed by atoms with E-state index in [1.165, 1.54) is 16.7 Å². The zero-order chi connectivity index (χ0) is 25.3. The number of aldehydes is 1.